The van der Waals surface area contributed by atoms with Gasteiger partial charge in [-0.2, -0.15) is 0 Å². The molecule has 1 saturated heterocycles. The number of nitrogens with zero attached hydrogens (tertiary/aromatic N) is 1. The number of imide groups is 1. The van der Waals surface area contributed by atoms with Crippen LogP contribution in [0.5, 0.6) is 0 Å². The fourth-order valence-electron chi connectivity index (χ4n) is 3.32. The van der Waals surface area contributed by atoms with Crippen LogP contribution in [0.2, 0.25) is 0 Å². The van der Waals surface area contributed by atoms with Gasteiger partial charge in [-0.25, -0.2) is 4.79 Å². The molecule has 2 aromatic carbocycles. The minimum atomic E-state index is -1.40. The summed E-state index contributed by atoms with van der Waals surface area (Å²) >= 11 is 0. The van der Waals surface area contributed by atoms with Crippen molar-refractivity contribution in [2.45, 2.75) is 32.2 Å². The molecular formula is C22H24N4O4. The maximum atomic E-state index is 13.0. The van der Waals surface area contributed by atoms with Gasteiger partial charge in [-0.05, 0) is 48.2 Å². The number of amides is 5. The highest BCUT2D eigenvalue weighted by Crippen LogP contribution is 2.29. The summed E-state index contributed by atoms with van der Waals surface area (Å²) in [5.41, 5.74) is 6.24. The Hall–Kier alpha value is -3.68. The molecule has 1 aliphatic rings. The minimum Gasteiger partial charge on any atom is -0.366 e. The summed E-state index contributed by atoms with van der Waals surface area (Å²) in [6, 6.07) is 12.9. The molecular weight excluding hydrogens is 384 g/mol. The molecule has 30 heavy (non-hydrogen) atoms. The maximum absolute atomic E-state index is 13.0. The standard InChI is InChI=1S/C22H24N4O4/c1-13(2)14-7-9-17(10-8-14)24-18(27)12-26-20(29)22(3,25-21(26)30)16-6-4-5-15(11-16)19(23)28/h4-11,13H,12H2,1-3H3,(H2,23,28)(H,24,27)(H,25,30). The van der Waals surface area contributed by atoms with Crippen molar-refractivity contribution in [1.29, 1.82) is 0 Å². The molecule has 0 saturated carbocycles. The highest BCUT2D eigenvalue weighted by Gasteiger charge is 2.49. The molecule has 156 valence electrons. The Bertz CT molecular complexity index is 1020. The van der Waals surface area contributed by atoms with E-state index in [1.807, 2.05) is 12.1 Å². The summed E-state index contributed by atoms with van der Waals surface area (Å²) in [7, 11) is 0. The number of nitrogens with two attached hydrogens (primary N) is 1. The first-order valence-electron chi connectivity index (χ1n) is 9.56. The van der Waals surface area contributed by atoms with Gasteiger partial charge in [-0.15, -0.1) is 0 Å². The van der Waals surface area contributed by atoms with E-state index in [-0.39, 0.29) is 5.56 Å². The predicted molar refractivity (Wildman–Crippen MR) is 112 cm³/mol. The predicted octanol–water partition coefficient (Wildman–Crippen LogP) is 2.31. The molecule has 1 heterocycles. The summed E-state index contributed by atoms with van der Waals surface area (Å²) in [6.45, 7) is 5.24. The van der Waals surface area contributed by atoms with Crippen molar-refractivity contribution in [1.82, 2.24) is 10.2 Å². The van der Waals surface area contributed by atoms with Gasteiger partial charge in [0, 0.05) is 11.3 Å². The molecule has 5 amide bonds. The Kier molecular flexibility index (Phi) is 5.60. The molecule has 1 unspecified atom stereocenters. The summed E-state index contributed by atoms with van der Waals surface area (Å²) < 4.78 is 0. The van der Waals surface area contributed by atoms with Crippen LogP contribution >= 0.6 is 0 Å². The van der Waals surface area contributed by atoms with E-state index in [0.717, 1.165) is 10.5 Å². The van der Waals surface area contributed by atoms with Crippen LogP contribution in [0.15, 0.2) is 48.5 Å². The number of hydrogen-bond acceptors (Lipinski definition) is 4. The molecule has 0 aromatic heterocycles. The van der Waals surface area contributed by atoms with E-state index in [0.29, 0.717) is 17.2 Å². The maximum Gasteiger partial charge on any atom is 0.325 e. The second kappa shape index (κ2) is 7.98. The Labute approximate surface area is 174 Å². The van der Waals surface area contributed by atoms with Crippen LogP contribution in [0.1, 0.15) is 48.2 Å². The van der Waals surface area contributed by atoms with Gasteiger partial charge in [-0.1, -0.05) is 38.1 Å². The summed E-state index contributed by atoms with van der Waals surface area (Å²) in [4.78, 5) is 50.1. The Morgan fingerprint density at radius 1 is 1.13 bits per heavy atom. The van der Waals surface area contributed by atoms with E-state index in [1.54, 1.807) is 24.3 Å². The smallest absolute Gasteiger partial charge is 0.325 e. The normalized spacial score (nSPS) is 18.5. The summed E-state index contributed by atoms with van der Waals surface area (Å²) in [5, 5.41) is 5.30. The Morgan fingerprint density at radius 3 is 2.40 bits per heavy atom. The van der Waals surface area contributed by atoms with E-state index in [9.17, 15) is 19.2 Å². The molecule has 0 radical (unpaired) electrons. The number of anilines is 1. The number of hydrogen-bond donors (Lipinski definition) is 3. The zero-order chi connectivity index (χ0) is 22.1. The highest BCUT2D eigenvalue weighted by atomic mass is 16.2. The third kappa shape index (κ3) is 4.03. The van der Waals surface area contributed by atoms with E-state index < -0.39 is 35.8 Å². The molecule has 2 aromatic rings. The van der Waals surface area contributed by atoms with Crippen molar-refractivity contribution < 1.29 is 19.2 Å². The summed E-state index contributed by atoms with van der Waals surface area (Å²) in [6.07, 6.45) is 0. The lowest BCUT2D eigenvalue weighted by Crippen LogP contribution is -2.42. The molecule has 0 aliphatic carbocycles. The van der Waals surface area contributed by atoms with E-state index in [4.69, 9.17) is 5.73 Å². The van der Waals surface area contributed by atoms with Crippen molar-refractivity contribution in [2.75, 3.05) is 11.9 Å². The van der Waals surface area contributed by atoms with Crippen LogP contribution in [-0.4, -0.2) is 35.2 Å². The molecule has 1 aliphatic heterocycles. The van der Waals surface area contributed by atoms with Gasteiger partial charge in [0.2, 0.25) is 11.8 Å². The molecule has 8 nitrogen and oxygen atoms in total. The SMILES string of the molecule is CC(C)c1ccc(NC(=O)CN2C(=O)NC(C)(c3cccc(C(N)=O)c3)C2=O)cc1. The average molecular weight is 408 g/mol. The lowest BCUT2D eigenvalue weighted by atomic mass is 9.90. The van der Waals surface area contributed by atoms with Crippen LogP contribution in [0.4, 0.5) is 10.5 Å². The second-order valence-corrected chi connectivity index (χ2v) is 7.72. The molecule has 1 atom stereocenters. The minimum absolute atomic E-state index is 0.219. The molecule has 3 rings (SSSR count). The molecule has 8 heteroatoms. The number of carbonyl (C=O) groups excluding carboxylic acids is 4. The first-order chi connectivity index (χ1) is 14.1. The number of rotatable bonds is 6. The Morgan fingerprint density at radius 2 is 1.80 bits per heavy atom. The van der Waals surface area contributed by atoms with Gasteiger partial charge >= 0.3 is 6.03 Å². The third-order valence-corrected chi connectivity index (χ3v) is 5.16. The topological polar surface area (TPSA) is 122 Å². The second-order valence-electron chi connectivity index (χ2n) is 7.72. The first kappa shape index (κ1) is 21.0. The lowest BCUT2D eigenvalue weighted by molar-refractivity contribution is -0.133. The van der Waals surface area contributed by atoms with Crippen molar-refractivity contribution in [3.05, 3.63) is 65.2 Å². The van der Waals surface area contributed by atoms with Crippen molar-refractivity contribution in [3.8, 4) is 0 Å². The highest BCUT2D eigenvalue weighted by molar-refractivity contribution is 6.10. The zero-order valence-electron chi connectivity index (χ0n) is 17.1. The number of primary amides is 1. The van der Waals surface area contributed by atoms with E-state index in [1.165, 1.54) is 19.1 Å². The van der Waals surface area contributed by atoms with Crippen molar-refractivity contribution >= 4 is 29.4 Å². The van der Waals surface area contributed by atoms with Gasteiger partial charge in [0.15, 0.2) is 0 Å². The van der Waals surface area contributed by atoms with Crippen LogP contribution in [0, 0.1) is 0 Å². The molecule has 0 bridgehead atoms. The number of benzene rings is 2. The molecule has 0 spiro atoms. The molecule has 4 N–H and O–H groups in total. The van der Waals surface area contributed by atoms with Crippen molar-refractivity contribution in [3.63, 3.8) is 0 Å². The fraction of sp³-hybridized carbons (Fsp3) is 0.273. The van der Waals surface area contributed by atoms with Gasteiger partial charge in [0.1, 0.15) is 12.1 Å². The average Bonchev–Trinajstić information content (AvgIpc) is 2.92. The quantitative estimate of drug-likeness (QED) is 0.635. The zero-order valence-corrected chi connectivity index (χ0v) is 17.1. The number of urea groups is 1. The first-order valence-corrected chi connectivity index (χ1v) is 9.56. The lowest BCUT2D eigenvalue weighted by Gasteiger charge is -2.22. The number of nitrogens with one attached hydrogen (secondary N) is 2. The van der Waals surface area contributed by atoms with Crippen LogP contribution in [0.3, 0.4) is 0 Å². The third-order valence-electron chi connectivity index (χ3n) is 5.16. The van der Waals surface area contributed by atoms with Crippen LogP contribution in [0.25, 0.3) is 0 Å². The van der Waals surface area contributed by atoms with E-state index >= 15 is 0 Å². The fourth-order valence-corrected chi connectivity index (χ4v) is 3.32. The monoisotopic (exact) mass is 408 g/mol. The van der Waals surface area contributed by atoms with Gasteiger partial charge in [0.25, 0.3) is 5.91 Å². The van der Waals surface area contributed by atoms with Crippen molar-refractivity contribution in [2.24, 2.45) is 5.73 Å². The van der Waals surface area contributed by atoms with Crippen LogP contribution < -0.4 is 16.4 Å². The van der Waals surface area contributed by atoms with E-state index in [2.05, 4.69) is 24.5 Å². The molecule has 1 fully saturated rings. The Balaban J connectivity index is 1.73. The van der Waals surface area contributed by atoms with Gasteiger partial charge in [0.05, 0.1) is 0 Å². The summed E-state index contributed by atoms with van der Waals surface area (Å²) in [5.74, 6) is -1.35. The van der Waals surface area contributed by atoms with Gasteiger partial charge < -0.3 is 16.4 Å². The largest absolute Gasteiger partial charge is 0.366 e. The number of carbonyl (C=O) groups is 4. The van der Waals surface area contributed by atoms with Crippen LogP contribution in [-0.2, 0) is 15.1 Å². The van der Waals surface area contributed by atoms with Gasteiger partial charge in [-0.3, -0.25) is 19.3 Å².